The Morgan fingerprint density at radius 2 is 1.69 bits per heavy atom. The summed E-state index contributed by atoms with van der Waals surface area (Å²) in [5, 5.41) is 6.47. The Morgan fingerprint density at radius 1 is 1.03 bits per heavy atom. The second-order valence-corrected chi connectivity index (χ2v) is 8.77. The number of unbranched alkanes of at least 4 members (excludes halogenated alkanes) is 2. The van der Waals surface area contributed by atoms with Crippen molar-refractivity contribution < 1.29 is 14.0 Å². The molecule has 1 aromatic heterocycles. The van der Waals surface area contributed by atoms with Gasteiger partial charge in [-0.3, -0.25) is 14.6 Å². The van der Waals surface area contributed by atoms with Crippen molar-refractivity contribution in [1.82, 2.24) is 25.4 Å². The van der Waals surface area contributed by atoms with Crippen LogP contribution in [0.25, 0.3) is 0 Å². The molecule has 0 aromatic carbocycles. The topological polar surface area (TPSA) is 103 Å². The van der Waals surface area contributed by atoms with Gasteiger partial charge >= 0.3 is 0 Å². The fraction of sp³-hybridized carbons (Fsp3) is 0.739. The van der Waals surface area contributed by atoms with Gasteiger partial charge in [-0.15, -0.1) is 0 Å². The van der Waals surface area contributed by atoms with E-state index in [1.54, 1.807) is 7.05 Å². The summed E-state index contributed by atoms with van der Waals surface area (Å²) in [5.41, 5.74) is 0.904. The number of guanidine groups is 1. The molecule has 9 heteroatoms. The summed E-state index contributed by atoms with van der Waals surface area (Å²) in [4.78, 5) is 36.9. The van der Waals surface area contributed by atoms with Crippen LogP contribution < -0.4 is 10.6 Å². The number of hydrogen-bond donors (Lipinski definition) is 2. The lowest BCUT2D eigenvalue weighted by atomic mass is 10.1. The third-order valence-electron chi connectivity index (χ3n) is 5.63. The average molecular weight is 449 g/mol. The van der Waals surface area contributed by atoms with Gasteiger partial charge < -0.3 is 24.9 Å². The summed E-state index contributed by atoms with van der Waals surface area (Å²) in [5.74, 6) is 2.96. The molecule has 0 unspecified atom stereocenters. The van der Waals surface area contributed by atoms with E-state index in [9.17, 15) is 9.59 Å². The molecule has 32 heavy (non-hydrogen) atoms. The summed E-state index contributed by atoms with van der Waals surface area (Å²) in [6.45, 7) is 11.8. The second-order valence-electron chi connectivity index (χ2n) is 8.77. The first-order chi connectivity index (χ1) is 15.3. The van der Waals surface area contributed by atoms with E-state index in [2.05, 4.69) is 34.5 Å². The van der Waals surface area contributed by atoms with Crippen LogP contribution >= 0.6 is 0 Å². The van der Waals surface area contributed by atoms with E-state index in [0.29, 0.717) is 63.3 Å². The standard InChI is InChI=1S/C23H40N6O3/c1-17(2)15-22(31)29-13-11-28(12-14-29)21(30)9-7-6-8-10-25-23(24-5)26-16-20-27-18(3)19(4)32-20/h17H,6-16H2,1-5H3,(H2,24,25,26). The Labute approximate surface area is 192 Å². The van der Waals surface area contributed by atoms with Crippen molar-refractivity contribution >= 4 is 17.8 Å². The number of piperazine rings is 1. The number of carbonyl (C=O) groups is 2. The van der Waals surface area contributed by atoms with E-state index in [1.165, 1.54) is 0 Å². The number of oxazole rings is 1. The zero-order valence-electron chi connectivity index (χ0n) is 20.4. The number of nitrogens with zero attached hydrogens (tertiary/aromatic N) is 4. The zero-order valence-corrected chi connectivity index (χ0v) is 20.4. The number of rotatable bonds is 10. The summed E-state index contributed by atoms with van der Waals surface area (Å²) >= 11 is 0. The summed E-state index contributed by atoms with van der Waals surface area (Å²) in [6, 6.07) is 0. The summed E-state index contributed by atoms with van der Waals surface area (Å²) < 4.78 is 5.56. The maximum Gasteiger partial charge on any atom is 0.222 e. The molecule has 2 rings (SSSR count). The van der Waals surface area contributed by atoms with Gasteiger partial charge in [-0.25, -0.2) is 4.98 Å². The van der Waals surface area contributed by atoms with Crippen LogP contribution in [0.5, 0.6) is 0 Å². The van der Waals surface area contributed by atoms with Crippen LogP contribution in [-0.4, -0.2) is 72.3 Å². The molecule has 2 heterocycles. The lowest BCUT2D eigenvalue weighted by molar-refractivity contribution is -0.140. The summed E-state index contributed by atoms with van der Waals surface area (Å²) in [6.07, 6.45) is 3.95. The lowest BCUT2D eigenvalue weighted by Crippen LogP contribution is -2.50. The minimum Gasteiger partial charge on any atom is -0.444 e. The number of nitrogens with one attached hydrogen (secondary N) is 2. The first kappa shape index (κ1) is 25.7. The molecule has 1 aliphatic heterocycles. The summed E-state index contributed by atoms with van der Waals surface area (Å²) in [7, 11) is 1.73. The van der Waals surface area contributed by atoms with Crippen molar-refractivity contribution in [2.75, 3.05) is 39.8 Å². The molecule has 0 saturated carbocycles. The number of aryl methyl sites for hydroxylation is 2. The maximum atomic E-state index is 12.4. The molecular formula is C23H40N6O3. The Balaban J connectivity index is 1.54. The highest BCUT2D eigenvalue weighted by atomic mass is 16.4. The van der Waals surface area contributed by atoms with Gasteiger partial charge in [0.1, 0.15) is 5.76 Å². The highest BCUT2D eigenvalue weighted by Crippen LogP contribution is 2.11. The zero-order chi connectivity index (χ0) is 23.5. The lowest BCUT2D eigenvalue weighted by Gasteiger charge is -2.35. The van der Waals surface area contributed by atoms with E-state index in [1.807, 2.05) is 23.6 Å². The molecule has 1 aromatic rings. The Hall–Kier alpha value is -2.58. The molecule has 1 aliphatic rings. The normalized spacial score (nSPS) is 14.8. The van der Waals surface area contributed by atoms with Crippen molar-refractivity contribution in [3.05, 3.63) is 17.3 Å². The van der Waals surface area contributed by atoms with Crippen LogP contribution in [0.15, 0.2) is 9.41 Å². The van der Waals surface area contributed by atoms with Gasteiger partial charge in [0, 0.05) is 52.6 Å². The van der Waals surface area contributed by atoms with Crippen molar-refractivity contribution in [3.63, 3.8) is 0 Å². The molecule has 2 amide bonds. The molecule has 0 spiro atoms. The van der Waals surface area contributed by atoms with E-state index >= 15 is 0 Å². The predicted octanol–water partition coefficient (Wildman–Crippen LogP) is 2.23. The van der Waals surface area contributed by atoms with Crippen molar-refractivity contribution in [1.29, 1.82) is 0 Å². The van der Waals surface area contributed by atoms with Crippen LogP contribution in [0.2, 0.25) is 0 Å². The number of carbonyl (C=O) groups excluding carboxylic acids is 2. The average Bonchev–Trinajstić information content (AvgIpc) is 3.09. The molecule has 0 aliphatic carbocycles. The molecule has 0 atom stereocenters. The van der Waals surface area contributed by atoms with Gasteiger partial charge in [0.25, 0.3) is 0 Å². The number of amides is 2. The van der Waals surface area contributed by atoms with Crippen LogP contribution in [0.4, 0.5) is 0 Å². The first-order valence-corrected chi connectivity index (χ1v) is 11.7. The predicted molar refractivity (Wildman–Crippen MR) is 125 cm³/mol. The molecule has 0 radical (unpaired) electrons. The minimum atomic E-state index is 0.197. The van der Waals surface area contributed by atoms with Crippen LogP contribution in [0.3, 0.4) is 0 Å². The fourth-order valence-electron chi connectivity index (χ4n) is 3.62. The highest BCUT2D eigenvalue weighted by Gasteiger charge is 2.23. The third-order valence-corrected chi connectivity index (χ3v) is 5.63. The minimum absolute atomic E-state index is 0.197. The smallest absolute Gasteiger partial charge is 0.222 e. The van der Waals surface area contributed by atoms with E-state index in [-0.39, 0.29) is 11.8 Å². The number of hydrogen-bond acceptors (Lipinski definition) is 5. The van der Waals surface area contributed by atoms with Crippen molar-refractivity contribution in [2.24, 2.45) is 10.9 Å². The second kappa shape index (κ2) is 13.1. The Bertz CT molecular complexity index is 746. The van der Waals surface area contributed by atoms with E-state index < -0.39 is 0 Å². The number of aromatic nitrogens is 1. The number of aliphatic imine (C=N–C) groups is 1. The van der Waals surface area contributed by atoms with Crippen molar-refractivity contribution in [3.8, 4) is 0 Å². The quantitative estimate of drug-likeness (QED) is 0.323. The van der Waals surface area contributed by atoms with Crippen LogP contribution in [0, 0.1) is 19.8 Å². The van der Waals surface area contributed by atoms with E-state index in [4.69, 9.17) is 4.42 Å². The molecule has 0 bridgehead atoms. The van der Waals surface area contributed by atoms with Gasteiger partial charge in [-0.2, -0.15) is 0 Å². The molecule has 1 fully saturated rings. The van der Waals surface area contributed by atoms with E-state index in [0.717, 1.165) is 37.3 Å². The molecule has 2 N–H and O–H groups in total. The van der Waals surface area contributed by atoms with Crippen LogP contribution in [0.1, 0.15) is 63.3 Å². The van der Waals surface area contributed by atoms with Gasteiger partial charge in [-0.05, 0) is 32.6 Å². The van der Waals surface area contributed by atoms with Gasteiger partial charge in [-0.1, -0.05) is 20.3 Å². The highest BCUT2D eigenvalue weighted by molar-refractivity contribution is 5.79. The third kappa shape index (κ3) is 8.51. The molecule has 180 valence electrons. The van der Waals surface area contributed by atoms with Gasteiger partial charge in [0.2, 0.25) is 17.7 Å². The SMILES string of the molecule is CN=C(NCCCCCC(=O)N1CCN(C(=O)CC(C)C)CC1)NCc1nc(C)c(C)o1. The maximum absolute atomic E-state index is 12.4. The fourth-order valence-corrected chi connectivity index (χ4v) is 3.62. The van der Waals surface area contributed by atoms with Crippen LogP contribution in [-0.2, 0) is 16.1 Å². The Kier molecular flexibility index (Phi) is 10.5. The van der Waals surface area contributed by atoms with Crippen molar-refractivity contribution in [2.45, 2.75) is 66.3 Å². The molecule has 1 saturated heterocycles. The molecular weight excluding hydrogens is 408 g/mol. The van der Waals surface area contributed by atoms with Gasteiger partial charge in [0.05, 0.1) is 12.2 Å². The largest absolute Gasteiger partial charge is 0.444 e. The molecule has 9 nitrogen and oxygen atoms in total. The Morgan fingerprint density at radius 3 is 2.25 bits per heavy atom. The van der Waals surface area contributed by atoms with Gasteiger partial charge in [0.15, 0.2) is 5.96 Å². The monoisotopic (exact) mass is 448 g/mol. The first-order valence-electron chi connectivity index (χ1n) is 11.7.